The quantitative estimate of drug-likeness (QED) is 0.239. The van der Waals surface area contributed by atoms with Gasteiger partial charge < -0.3 is 8.97 Å². The van der Waals surface area contributed by atoms with E-state index in [2.05, 4.69) is 132 Å². The number of allylic oxidation sites excluding steroid dienone is 1. The lowest BCUT2D eigenvalue weighted by Gasteiger charge is -2.14. The summed E-state index contributed by atoms with van der Waals surface area (Å²) in [6, 6.07) is 32.7. The molecule has 0 atom stereocenters. The second-order valence-electron chi connectivity index (χ2n) is 9.01. The monoisotopic (exact) mass is 448 g/mol. The van der Waals surface area contributed by atoms with Gasteiger partial charge in [-0.2, -0.15) is 0 Å². The molecule has 7 aromatic rings. The summed E-state index contributed by atoms with van der Waals surface area (Å²) in [6.07, 6.45) is 8.58. The Morgan fingerprint density at radius 3 is 2.20 bits per heavy atom. The van der Waals surface area contributed by atoms with Crippen LogP contribution < -0.4 is 0 Å². The molecule has 35 heavy (non-hydrogen) atoms. The van der Waals surface area contributed by atoms with Gasteiger partial charge in [-0.3, -0.25) is 0 Å². The van der Waals surface area contributed by atoms with Crippen molar-refractivity contribution in [1.82, 2.24) is 8.97 Å². The molecule has 0 unspecified atom stereocenters. The van der Waals surface area contributed by atoms with Gasteiger partial charge in [-0.1, -0.05) is 91.5 Å². The number of rotatable bonds is 3. The summed E-state index contributed by atoms with van der Waals surface area (Å²) in [5.41, 5.74) is 7.15. The summed E-state index contributed by atoms with van der Waals surface area (Å²) < 4.78 is 4.77. The maximum atomic E-state index is 4.20. The van der Waals surface area contributed by atoms with Crippen LogP contribution in [0.5, 0.6) is 0 Å². The Hall–Kier alpha value is -4.56. The summed E-state index contributed by atoms with van der Waals surface area (Å²) in [6.45, 7) is 6.28. The van der Waals surface area contributed by atoms with Gasteiger partial charge in [-0.15, -0.1) is 0 Å². The molecule has 0 bridgehead atoms. The Kier molecular flexibility index (Phi) is 4.24. The van der Waals surface area contributed by atoms with Gasteiger partial charge in [0.05, 0.1) is 22.2 Å². The van der Waals surface area contributed by atoms with Crippen molar-refractivity contribution in [1.29, 1.82) is 0 Å². The number of hydrogen-bond acceptors (Lipinski definition) is 0. The van der Waals surface area contributed by atoms with Crippen LogP contribution in [0.4, 0.5) is 0 Å². The highest BCUT2D eigenvalue weighted by molar-refractivity contribution is 6.27. The average Bonchev–Trinajstić information content (AvgIpc) is 3.45. The van der Waals surface area contributed by atoms with Crippen molar-refractivity contribution in [2.24, 2.45) is 0 Å². The molecule has 0 saturated carbocycles. The maximum Gasteiger partial charge on any atom is 0.0627 e. The SMILES string of the molecule is C=Cc1c(/C=C\C)n(-c2ccccc2)c2c1ccc1c2c2ccccc2n2cc3ccccc3c12. The van der Waals surface area contributed by atoms with Crippen LogP contribution in [-0.4, -0.2) is 8.97 Å². The van der Waals surface area contributed by atoms with E-state index < -0.39 is 0 Å². The van der Waals surface area contributed by atoms with Crippen molar-refractivity contribution in [2.75, 3.05) is 0 Å². The first-order valence-electron chi connectivity index (χ1n) is 12.0. The smallest absolute Gasteiger partial charge is 0.0627 e. The summed E-state index contributed by atoms with van der Waals surface area (Å²) in [4.78, 5) is 0. The van der Waals surface area contributed by atoms with E-state index in [0.717, 1.165) is 16.9 Å². The van der Waals surface area contributed by atoms with Crippen LogP contribution in [0.25, 0.3) is 66.7 Å². The molecule has 0 radical (unpaired) electrons. The number of pyridine rings is 1. The van der Waals surface area contributed by atoms with Gasteiger partial charge in [0.15, 0.2) is 0 Å². The first kappa shape index (κ1) is 19.9. The van der Waals surface area contributed by atoms with E-state index in [1.165, 1.54) is 48.9 Å². The maximum absolute atomic E-state index is 4.20. The van der Waals surface area contributed by atoms with Crippen molar-refractivity contribution in [3.63, 3.8) is 0 Å². The third-order valence-corrected chi connectivity index (χ3v) is 7.16. The first-order valence-corrected chi connectivity index (χ1v) is 12.0. The number of fused-ring (bicyclic) bond motifs is 10. The highest BCUT2D eigenvalue weighted by atomic mass is 15.0. The van der Waals surface area contributed by atoms with E-state index in [9.17, 15) is 0 Å². The Balaban J connectivity index is 1.85. The minimum absolute atomic E-state index is 1.15. The highest BCUT2D eigenvalue weighted by Crippen LogP contribution is 2.42. The lowest BCUT2D eigenvalue weighted by molar-refractivity contribution is 1.11. The minimum atomic E-state index is 1.15. The number of aromatic nitrogens is 2. The minimum Gasteiger partial charge on any atom is -0.315 e. The van der Waals surface area contributed by atoms with Crippen LogP contribution in [0.3, 0.4) is 0 Å². The fraction of sp³-hybridized carbons (Fsp3) is 0.0303. The zero-order chi connectivity index (χ0) is 23.5. The number of hydrogen-bond donors (Lipinski definition) is 0. The molecule has 0 aliphatic heterocycles. The van der Waals surface area contributed by atoms with Gasteiger partial charge in [0.1, 0.15) is 0 Å². The predicted octanol–water partition coefficient (Wildman–Crippen LogP) is 9.02. The van der Waals surface area contributed by atoms with Crippen LogP contribution >= 0.6 is 0 Å². The van der Waals surface area contributed by atoms with Gasteiger partial charge >= 0.3 is 0 Å². The third-order valence-electron chi connectivity index (χ3n) is 7.16. The molecule has 0 N–H and O–H groups in total. The van der Waals surface area contributed by atoms with E-state index in [1.807, 2.05) is 6.08 Å². The van der Waals surface area contributed by atoms with Gasteiger partial charge in [-0.05, 0) is 31.2 Å². The van der Waals surface area contributed by atoms with E-state index in [-0.39, 0.29) is 0 Å². The van der Waals surface area contributed by atoms with E-state index >= 15 is 0 Å². The zero-order valence-corrected chi connectivity index (χ0v) is 19.6. The van der Waals surface area contributed by atoms with E-state index in [4.69, 9.17) is 0 Å². The fourth-order valence-corrected chi connectivity index (χ4v) is 5.79. The Bertz CT molecular complexity index is 1960. The molecule has 166 valence electrons. The van der Waals surface area contributed by atoms with E-state index in [1.54, 1.807) is 0 Å². The van der Waals surface area contributed by atoms with Crippen molar-refractivity contribution in [3.8, 4) is 5.69 Å². The molecule has 0 aliphatic rings. The molecule has 4 aromatic carbocycles. The number of para-hydroxylation sites is 2. The summed E-state index contributed by atoms with van der Waals surface area (Å²) >= 11 is 0. The Morgan fingerprint density at radius 1 is 0.686 bits per heavy atom. The average molecular weight is 449 g/mol. The standard InChI is InChI=1S/C33H24N2/c1-3-12-30-24(4-2)26-19-20-28-31(33(26)35(30)23-14-6-5-7-15-23)27-17-10-11-18-29(27)34-21-22-13-8-9-16-25(22)32(28)34/h3-21H,2H2,1H3/b12-3-. The van der Waals surface area contributed by atoms with Crippen LogP contribution in [0.2, 0.25) is 0 Å². The summed E-state index contributed by atoms with van der Waals surface area (Å²) in [7, 11) is 0. The Labute approximate surface area is 203 Å². The molecule has 0 spiro atoms. The molecule has 0 aliphatic carbocycles. The highest BCUT2D eigenvalue weighted by Gasteiger charge is 2.21. The second kappa shape index (κ2) is 7.48. The molecule has 0 amide bonds. The normalized spacial score (nSPS) is 12.1. The fourth-order valence-electron chi connectivity index (χ4n) is 5.79. The van der Waals surface area contributed by atoms with Crippen LogP contribution in [-0.2, 0) is 0 Å². The summed E-state index contributed by atoms with van der Waals surface area (Å²) in [5.74, 6) is 0. The Morgan fingerprint density at radius 2 is 1.40 bits per heavy atom. The van der Waals surface area contributed by atoms with Gasteiger partial charge in [0.25, 0.3) is 0 Å². The molecule has 3 aromatic heterocycles. The molecular weight excluding hydrogens is 424 g/mol. The first-order chi connectivity index (χ1) is 17.3. The van der Waals surface area contributed by atoms with Gasteiger partial charge in [0, 0.05) is 49.8 Å². The number of benzene rings is 4. The molecule has 3 heterocycles. The van der Waals surface area contributed by atoms with Crippen LogP contribution in [0.15, 0.2) is 110 Å². The molecule has 0 saturated heterocycles. The van der Waals surface area contributed by atoms with Crippen LogP contribution in [0.1, 0.15) is 18.2 Å². The molecule has 2 nitrogen and oxygen atoms in total. The summed E-state index contributed by atoms with van der Waals surface area (Å²) in [5, 5.41) is 7.53. The molecule has 7 rings (SSSR count). The van der Waals surface area contributed by atoms with Crippen molar-refractivity contribution in [2.45, 2.75) is 6.92 Å². The second-order valence-corrected chi connectivity index (χ2v) is 9.01. The van der Waals surface area contributed by atoms with Crippen molar-refractivity contribution < 1.29 is 0 Å². The van der Waals surface area contributed by atoms with Crippen molar-refractivity contribution >= 4 is 61.0 Å². The van der Waals surface area contributed by atoms with Crippen LogP contribution in [0, 0.1) is 0 Å². The molecular formula is C33H24N2. The van der Waals surface area contributed by atoms with Gasteiger partial charge in [0.2, 0.25) is 0 Å². The molecule has 0 fully saturated rings. The molecule has 2 heteroatoms. The van der Waals surface area contributed by atoms with Crippen molar-refractivity contribution in [3.05, 3.63) is 121 Å². The lowest BCUT2D eigenvalue weighted by atomic mass is 9.99. The van der Waals surface area contributed by atoms with Gasteiger partial charge in [-0.25, -0.2) is 0 Å². The number of nitrogens with zero attached hydrogens (tertiary/aromatic N) is 2. The largest absolute Gasteiger partial charge is 0.315 e. The zero-order valence-electron chi connectivity index (χ0n) is 19.6. The third kappa shape index (κ3) is 2.65. The predicted molar refractivity (Wildman–Crippen MR) is 152 cm³/mol. The topological polar surface area (TPSA) is 9.34 Å². The van der Waals surface area contributed by atoms with E-state index in [0.29, 0.717) is 0 Å². The lowest BCUT2D eigenvalue weighted by Crippen LogP contribution is -1.98.